The van der Waals surface area contributed by atoms with Gasteiger partial charge in [-0.15, -0.1) is 0 Å². The molecular formula is C21H18F5N5O2. The number of rotatable bonds is 3. The minimum atomic E-state index is -4.72. The van der Waals surface area contributed by atoms with Gasteiger partial charge in [-0.05, 0) is 18.6 Å². The molecule has 1 aliphatic rings. The van der Waals surface area contributed by atoms with Gasteiger partial charge >= 0.3 is 6.18 Å². The Balaban J connectivity index is 1.91. The molecule has 1 saturated heterocycles. The number of hydrogen-bond donors (Lipinski definition) is 2. The van der Waals surface area contributed by atoms with Gasteiger partial charge in [0.15, 0.2) is 5.43 Å². The maximum atomic E-state index is 13.8. The molecule has 1 aliphatic heterocycles. The van der Waals surface area contributed by atoms with Gasteiger partial charge in [-0.2, -0.15) is 13.2 Å². The van der Waals surface area contributed by atoms with Crippen molar-refractivity contribution in [1.82, 2.24) is 15.0 Å². The summed E-state index contributed by atoms with van der Waals surface area (Å²) in [7, 11) is 0. The van der Waals surface area contributed by atoms with Gasteiger partial charge in [0, 0.05) is 50.0 Å². The molecule has 0 spiro atoms. The standard InChI is InChI=1S/C21H18F5N5O2/c22-20(23)3-1-6-31(7-4-20)19-12(8-11(10-29-19)21(24,25)26)14-9-15(32)16-13(30-14)2-5-28-17(16)18(27)33/h2,5,8-10H,1,3-4,6-7H2,(H2,27,33)(H,30,32). The molecule has 4 heterocycles. The van der Waals surface area contributed by atoms with Gasteiger partial charge in [0.2, 0.25) is 5.92 Å². The third-order valence-corrected chi connectivity index (χ3v) is 5.48. The topological polar surface area (TPSA) is 105 Å². The van der Waals surface area contributed by atoms with E-state index in [1.807, 2.05) is 0 Å². The van der Waals surface area contributed by atoms with E-state index in [1.54, 1.807) is 0 Å². The van der Waals surface area contributed by atoms with Gasteiger partial charge in [-0.1, -0.05) is 0 Å². The van der Waals surface area contributed by atoms with Crippen molar-refractivity contribution < 1.29 is 26.7 Å². The summed E-state index contributed by atoms with van der Waals surface area (Å²) in [6.07, 6.45) is -3.55. The number of fused-ring (bicyclic) bond motifs is 1. The zero-order valence-corrected chi connectivity index (χ0v) is 17.0. The van der Waals surface area contributed by atoms with Gasteiger partial charge in [0.25, 0.3) is 5.91 Å². The minimum Gasteiger partial charge on any atom is -0.364 e. The van der Waals surface area contributed by atoms with Crippen LogP contribution in [0.1, 0.15) is 35.3 Å². The lowest BCUT2D eigenvalue weighted by Crippen LogP contribution is -2.27. The van der Waals surface area contributed by atoms with Crippen LogP contribution in [0.3, 0.4) is 0 Å². The first-order valence-electron chi connectivity index (χ1n) is 9.98. The number of halogens is 5. The lowest BCUT2D eigenvalue weighted by molar-refractivity contribution is -0.137. The van der Waals surface area contributed by atoms with Gasteiger partial charge in [0.05, 0.1) is 22.2 Å². The lowest BCUT2D eigenvalue weighted by atomic mass is 10.1. The van der Waals surface area contributed by atoms with Crippen LogP contribution < -0.4 is 16.1 Å². The van der Waals surface area contributed by atoms with Crippen LogP contribution >= 0.6 is 0 Å². The Hall–Kier alpha value is -3.57. The fraction of sp³-hybridized carbons (Fsp3) is 0.333. The number of alkyl halides is 5. The molecule has 1 fully saturated rings. The van der Waals surface area contributed by atoms with Crippen molar-refractivity contribution in [2.24, 2.45) is 5.73 Å². The number of pyridine rings is 3. The van der Waals surface area contributed by atoms with Crippen LogP contribution in [0, 0.1) is 0 Å². The number of anilines is 1. The van der Waals surface area contributed by atoms with Crippen molar-refractivity contribution in [1.29, 1.82) is 0 Å². The Morgan fingerprint density at radius 2 is 1.91 bits per heavy atom. The van der Waals surface area contributed by atoms with Gasteiger partial charge in [0.1, 0.15) is 11.5 Å². The van der Waals surface area contributed by atoms with Crippen LogP contribution in [0.2, 0.25) is 0 Å². The molecule has 174 valence electrons. The molecule has 0 bridgehead atoms. The second-order valence-electron chi connectivity index (χ2n) is 7.78. The van der Waals surface area contributed by atoms with E-state index in [0.29, 0.717) is 6.20 Å². The van der Waals surface area contributed by atoms with Crippen molar-refractivity contribution in [3.63, 3.8) is 0 Å². The molecule has 12 heteroatoms. The van der Waals surface area contributed by atoms with E-state index in [2.05, 4.69) is 15.0 Å². The van der Waals surface area contributed by atoms with Crippen molar-refractivity contribution >= 4 is 22.6 Å². The molecule has 3 N–H and O–H groups in total. The van der Waals surface area contributed by atoms with Crippen LogP contribution in [0.15, 0.2) is 35.4 Å². The third kappa shape index (κ3) is 4.50. The smallest absolute Gasteiger partial charge is 0.364 e. The number of carbonyl (C=O) groups excluding carboxylic acids is 1. The molecule has 0 unspecified atom stereocenters. The number of amides is 1. The summed E-state index contributed by atoms with van der Waals surface area (Å²) in [5.41, 5.74) is 3.28. The number of hydrogen-bond acceptors (Lipinski definition) is 5. The number of nitrogens with zero attached hydrogens (tertiary/aromatic N) is 3. The number of H-pyrrole nitrogens is 1. The maximum absolute atomic E-state index is 13.8. The summed E-state index contributed by atoms with van der Waals surface area (Å²) in [5, 5.41) is -0.107. The number of aromatic amines is 1. The highest BCUT2D eigenvalue weighted by atomic mass is 19.4. The second-order valence-corrected chi connectivity index (χ2v) is 7.78. The van der Waals surface area contributed by atoms with E-state index in [4.69, 9.17) is 5.73 Å². The zero-order valence-electron chi connectivity index (χ0n) is 17.0. The molecule has 0 saturated carbocycles. The Bertz CT molecular complexity index is 1290. The largest absolute Gasteiger partial charge is 0.417 e. The lowest BCUT2D eigenvalue weighted by Gasteiger charge is -2.25. The summed E-state index contributed by atoms with van der Waals surface area (Å²) >= 11 is 0. The van der Waals surface area contributed by atoms with E-state index in [9.17, 15) is 31.5 Å². The highest BCUT2D eigenvalue weighted by Gasteiger charge is 2.35. The molecule has 0 aromatic carbocycles. The van der Waals surface area contributed by atoms with Crippen LogP contribution in [-0.2, 0) is 6.18 Å². The van der Waals surface area contributed by atoms with Crippen molar-refractivity contribution in [2.75, 3.05) is 18.0 Å². The highest BCUT2D eigenvalue weighted by molar-refractivity contribution is 6.03. The first-order chi connectivity index (χ1) is 15.5. The number of nitrogens with one attached hydrogen (secondary N) is 1. The van der Waals surface area contributed by atoms with Crippen molar-refractivity contribution in [2.45, 2.75) is 31.4 Å². The van der Waals surface area contributed by atoms with Crippen LogP contribution in [0.4, 0.5) is 27.8 Å². The summed E-state index contributed by atoms with van der Waals surface area (Å²) in [4.78, 5) is 36.5. The van der Waals surface area contributed by atoms with Crippen LogP contribution in [-0.4, -0.2) is 39.9 Å². The first kappa shape index (κ1) is 22.6. The molecule has 1 amide bonds. The Labute approximate surface area is 183 Å². The van der Waals surface area contributed by atoms with E-state index in [0.717, 1.165) is 12.1 Å². The fourth-order valence-electron chi connectivity index (χ4n) is 3.87. The predicted molar refractivity (Wildman–Crippen MR) is 110 cm³/mol. The predicted octanol–water partition coefficient (Wildman–Crippen LogP) is 3.73. The quantitative estimate of drug-likeness (QED) is 0.572. The normalized spacial score (nSPS) is 16.6. The highest BCUT2D eigenvalue weighted by Crippen LogP contribution is 2.37. The SMILES string of the molecule is NC(=O)c1nccc2[nH]c(-c3cc(C(F)(F)F)cnc3N3CCCC(F)(F)CC3)cc(=O)c12. The Kier molecular flexibility index (Phi) is 5.54. The fourth-order valence-corrected chi connectivity index (χ4v) is 3.87. The molecule has 4 rings (SSSR count). The average molecular weight is 467 g/mol. The van der Waals surface area contributed by atoms with Gasteiger partial charge < -0.3 is 15.6 Å². The summed E-state index contributed by atoms with van der Waals surface area (Å²) in [5.74, 6) is -3.78. The van der Waals surface area contributed by atoms with Crippen LogP contribution in [0.25, 0.3) is 22.2 Å². The maximum Gasteiger partial charge on any atom is 0.417 e. The Morgan fingerprint density at radius 3 is 2.61 bits per heavy atom. The summed E-state index contributed by atoms with van der Waals surface area (Å²) in [6, 6.07) is 3.21. The summed E-state index contributed by atoms with van der Waals surface area (Å²) < 4.78 is 67.9. The first-order valence-corrected chi connectivity index (χ1v) is 9.98. The average Bonchev–Trinajstić information content (AvgIpc) is 2.92. The van der Waals surface area contributed by atoms with E-state index in [-0.39, 0.29) is 59.6 Å². The molecule has 33 heavy (non-hydrogen) atoms. The van der Waals surface area contributed by atoms with Crippen LogP contribution in [0.5, 0.6) is 0 Å². The third-order valence-electron chi connectivity index (χ3n) is 5.48. The molecular weight excluding hydrogens is 449 g/mol. The monoisotopic (exact) mass is 467 g/mol. The number of primary amides is 1. The minimum absolute atomic E-state index is 0.0151. The number of nitrogens with two attached hydrogens (primary N) is 1. The second kappa shape index (κ2) is 8.09. The van der Waals surface area contributed by atoms with Gasteiger partial charge in [-0.25, -0.2) is 13.8 Å². The van der Waals surface area contributed by atoms with Gasteiger partial charge in [-0.3, -0.25) is 14.6 Å². The number of carbonyl (C=O) groups is 1. The molecule has 0 radical (unpaired) electrons. The van der Waals surface area contributed by atoms with Crippen molar-refractivity contribution in [3.05, 3.63) is 52.1 Å². The van der Waals surface area contributed by atoms with Crippen molar-refractivity contribution in [3.8, 4) is 11.3 Å². The molecule has 3 aromatic rings. The van der Waals surface area contributed by atoms with E-state index in [1.165, 1.54) is 17.2 Å². The van der Waals surface area contributed by atoms with E-state index < -0.39 is 35.4 Å². The zero-order chi connectivity index (χ0) is 24.0. The Morgan fingerprint density at radius 1 is 1.15 bits per heavy atom. The van der Waals surface area contributed by atoms with E-state index >= 15 is 0 Å². The molecule has 3 aromatic heterocycles. The molecule has 0 aliphatic carbocycles. The number of aromatic nitrogens is 3. The molecule has 0 atom stereocenters. The summed E-state index contributed by atoms with van der Waals surface area (Å²) in [6.45, 7) is 0.0421. The molecule has 7 nitrogen and oxygen atoms in total.